The topological polar surface area (TPSA) is 20.2 Å². The summed E-state index contributed by atoms with van der Waals surface area (Å²) in [5.41, 5.74) is 0.410. The maximum atomic E-state index is 13.2. The maximum Gasteiger partial charge on any atom is 0.128 e. The van der Waals surface area contributed by atoms with Gasteiger partial charge < -0.3 is 5.11 Å². The van der Waals surface area contributed by atoms with E-state index in [4.69, 9.17) is 0 Å². The third-order valence-corrected chi connectivity index (χ3v) is 2.28. The molecule has 0 saturated heterocycles. The van der Waals surface area contributed by atoms with Gasteiger partial charge >= 0.3 is 0 Å². The Hall–Kier alpha value is -0.890. The molecule has 0 fully saturated rings. The average Bonchev–Trinajstić information content (AvgIpc) is 2.15. The predicted octanol–water partition coefficient (Wildman–Crippen LogP) is 3.30. The van der Waals surface area contributed by atoms with Crippen molar-refractivity contribution in [2.75, 3.05) is 0 Å². The summed E-state index contributed by atoms with van der Waals surface area (Å²) in [6, 6.07) is 6.40. The van der Waals surface area contributed by atoms with Crippen molar-refractivity contribution in [3.05, 3.63) is 35.6 Å². The lowest BCUT2D eigenvalue weighted by Crippen LogP contribution is -2.02. The Balaban J connectivity index is 2.60. The van der Waals surface area contributed by atoms with E-state index in [0.29, 0.717) is 17.9 Å². The first-order chi connectivity index (χ1) is 6.61. The van der Waals surface area contributed by atoms with Gasteiger partial charge in [-0.3, -0.25) is 0 Å². The van der Waals surface area contributed by atoms with Crippen LogP contribution in [-0.2, 0) is 0 Å². The van der Waals surface area contributed by atoms with Gasteiger partial charge in [0.05, 0.1) is 6.10 Å². The number of hydrogen-bond donors (Lipinski definition) is 1. The van der Waals surface area contributed by atoms with Gasteiger partial charge in [-0.15, -0.1) is 0 Å². The Labute approximate surface area is 84.6 Å². The molecule has 1 atom stereocenters. The molecule has 0 aliphatic heterocycles. The van der Waals surface area contributed by atoms with E-state index < -0.39 is 6.10 Å². The second kappa shape index (κ2) is 5.11. The van der Waals surface area contributed by atoms with Crippen LogP contribution in [0.1, 0.15) is 38.4 Å². The molecule has 78 valence electrons. The van der Waals surface area contributed by atoms with E-state index >= 15 is 0 Å². The molecule has 0 spiro atoms. The van der Waals surface area contributed by atoms with Crippen LogP contribution in [0.15, 0.2) is 24.3 Å². The Morgan fingerprint density at radius 1 is 1.21 bits per heavy atom. The van der Waals surface area contributed by atoms with Crippen molar-refractivity contribution in [3.63, 3.8) is 0 Å². The fourth-order valence-corrected chi connectivity index (χ4v) is 1.39. The number of aliphatic hydroxyl groups excluding tert-OH is 1. The lowest BCUT2D eigenvalue weighted by atomic mass is 10.00. The second-order valence-corrected chi connectivity index (χ2v) is 4.01. The molecule has 1 aromatic carbocycles. The number of aliphatic hydroxyl groups is 1. The van der Waals surface area contributed by atoms with Gasteiger partial charge in [0, 0.05) is 5.56 Å². The third kappa shape index (κ3) is 3.11. The minimum atomic E-state index is -0.668. The quantitative estimate of drug-likeness (QED) is 0.783. The van der Waals surface area contributed by atoms with Crippen LogP contribution >= 0.6 is 0 Å². The smallest absolute Gasteiger partial charge is 0.128 e. The summed E-state index contributed by atoms with van der Waals surface area (Å²) in [4.78, 5) is 0. The van der Waals surface area contributed by atoms with Crippen LogP contribution in [0.4, 0.5) is 4.39 Å². The Kier molecular flexibility index (Phi) is 4.08. The number of benzene rings is 1. The van der Waals surface area contributed by atoms with Crippen LogP contribution in [0.5, 0.6) is 0 Å². The zero-order chi connectivity index (χ0) is 10.6. The summed E-state index contributed by atoms with van der Waals surface area (Å²) in [7, 11) is 0. The van der Waals surface area contributed by atoms with Gasteiger partial charge in [0.2, 0.25) is 0 Å². The SMILES string of the molecule is CC(C)CCC(O)c1ccccc1F. The fourth-order valence-electron chi connectivity index (χ4n) is 1.39. The summed E-state index contributed by atoms with van der Waals surface area (Å²) < 4.78 is 13.2. The van der Waals surface area contributed by atoms with Gasteiger partial charge in [-0.2, -0.15) is 0 Å². The molecule has 0 heterocycles. The minimum Gasteiger partial charge on any atom is -0.388 e. The molecule has 0 aliphatic carbocycles. The van der Waals surface area contributed by atoms with Crippen molar-refractivity contribution in [1.29, 1.82) is 0 Å². The second-order valence-electron chi connectivity index (χ2n) is 4.01. The van der Waals surface area contributed by atoms with Gasteiger partial charge in [0.15, 0.2) is 0 Å². The van der Waals surface area contributed by atoms with E-state index in [2.05, 4.69) is 13.8 Å². The predicted molar refractivity (Wildman–Crippen MR) is 55.4 cm³/mol. The van der Waals surface area contributed by atoms with E-state index in [9.17, 15) is 9.50 Å². The van der Waals surface area contributed by atoms with Crippen LogP contribution in [0.2, 0.25) is 0 Å². The molecular formula is C12H17FO. The number of rotatable bonds is 4. The van der Waals surface area contributed by atoms with Crippen molar-refractivity contribution < 1.29 is 9.50 Å². The summed E-state index contributed by atoms with van der Waals surface area (Å²) in [6.07, 6.45) is 0.868. The van der Waals surface area contributed by atoms with E-state index in [1.807, 2.05) is 0 Å². The first kappa shape index (κ1) is 11.2. The molecule has 1 unspecified atom stereocenters. The van der Waals surface area contributed by atoms with E-state index in [0.717, 1.165) is 6.42 Å². The average molecular weight is 196 g/mol. The van der Waals surface area contributed by atoms with Crippen molar-refractivity contribution in [2.45, 2.75) is 32.8 Å². The number of halogens is 1. The molecule has 0 aliphatic rings. The summed E-state index contributed by atoms with van der Waals surface area (Å²) in [5.74, 6) is 0.222. The molecule has 0 aromatic heterocycles. The lowest BCUT2D eigenvalue weighted by molar-refractivity contribution is 0.155. The van der Waals surface area contributed by atoms with Crippen molar-refractivity contribution in [1.82, 2.24) is 0 Å². The summed E-state index contributed by atoms with van der Waals surface area (Å²) >= 11 is 0. The molecule has 1 aromatic rings. The van der Waals surface area contributed by atoms with Crippen molar-refractivity contribution >= 4 is 0 Å². The highest BCUT2D eigenvalue weighted by Gasteiger charge is 2.11. The van der Waals surface area contributed by atoms with Crippen LogP contribution in [-0.4, -0.2) is 5.11 Å². The van der Waals surface area contributed by atoms with Crippen molar-refractivity contribution in [2.24, 2.45) is 5.92 Å². The molecule has 14 heavy (non-hydrogen) atoms. The van der Waals surface area contributed by atoms with Crippen LogP contribution in [0.3, 0.4) is 0 Å². The lowest BCUT2D eigenvalue weighted by Gasteiger charge is -2.12. The zero-order valence-corrected chi connectivity index (χ0v) is 8.70. The van der Waals surface area contributed by atoms with Gasteiger partial charge in [-0.05, 0) is 24.8 Å². The number of hydrogen-bond acceptors (Lipinski definition) is 1. The van der Waals surface area contributed by atoms with Crippen LogP contribution in [0, 0.1) is 11.7 Å². The molecule has 1 N–H and O–H groups in total. The Morgan fingerprint density at radius 3 is 2.43 bits per heavy atom. The highest BCUT2D eigenvalue weighted by Crippen LogP contribution is 2.22. The molecule has 0 radical (unpaired) electrons. The maximum absolute atomic E-state index is 13.2. The van der Waals surface area contributed by atoms with E-state index in [-0.39, 0.29) is 5.82 Å². The van der Waals surface area contributed by atoms with Crippen LogP contribution < -0.4 is 0 Å². The molecule has 1 nitrogen and oxygen atoms in total. The van der Waals surface area contributed by atoms with Crippen molar-refractivity contribution in [3.8, 4) is 0 Å². The molecular weight excluding hydrogens is 179 g/mol. The largest absolute Gasteiger partial charge is 0.388 e. The summed E-state index contributed by atoms with van der Waals surface area (Å²) in [6.45, 7) is 4.18. The van der Waals surface area contributed by atoms with E-state index in [1.54, 1.807) is 18.2 Å². The Bertz CT molecular complexity index is 283. The van der Waals surface area contributed by atoms with Gasteiger partial charge in [0.1, 0.15) is 5.82 Å². The zero-order valence-electron chi connectivity index (χ0n) is 8.70. The highest BCUT2D eigenvalue weighted by molar-refractivity contribution is 5.19. The minimum absolute atomic E-state index is 0.316. The highest BCUT2D eigenvalue weighted by atomic mass is 19.1. The standard InChI is InChI=1S/C12H17FO/c1-9(2)7-8-12(14)10-5-3-4-6-11(10)13/h3-6,9,12,14H,7-8H2,1-2H3. The van der Waals surface area contributed by atoms with Gasteiger partial charge in [0.25, 0.3) is 0 Å². The van der Waals surface area contributed by atoms with Gasteiger partial charge in [-0.1, -0.05) is 32.0 Å². The molecule has 0 amide bonds. The normalized spacial score (nSPS) is 13.2. The first-order valence-electron chi connectivity index (χ1n) is 5.03. The van der Waals surface area contributed by atoms with Crippen LogP contribution in [0.25, 0.3) is 0 Å². The molecule has 0 saturated carbocycles. The Morgan fingerprint density at radius 2 is 1.86 bits per heavy atom. The first-order valence-corrected chi connectivity index (χ1v) is 5.03. The molecule has 1 rings (SSSR count). The monoisotopic (exact) mass is 196 g/mol. The fraction of sp³-hybridized carbons (Fsp3) is 0.500. The van der Waals surface area contributed by atoms with E-state index in [1.165, 1.54) is 6.07 Å². The third-order valence-electron chi connectivity index (χ3n) is 2.28. The van der Waals surface area contributed by atoms with Gasteiger partial charge in [-0.25, -0.2) is 4.39 Å². The molecule has 2 heteroatoms. The molecule has 0 bridgehead atoms. The summed E-state index contributed by atoms with van der Waals surface area (Å²) in [5, 5.41) is 9.71.